The van der Waals surface area contributed by atoms with Gasteiger partial charge in [0.1, 0.15) is 18.3 Å². The van der Waals surface area contributed by atoms with Gasteiger partial charge in [0.2, 0.25) is 5.91 Å². The summed E-state index contributed by atoms with van der Waals surface area (Å²) in [7, 11) is 0. The van der Waals surface area contributed by atoms with E-state index >= 15 is 0 Å². The van der Waals surface area contributed by atoms with E-state index in [1.54, 1.807) is 17.2 Å². The van der Waals surface area contributed by atoms with Gasteiger partial charge in [-0.05, 0) is 56.3 Å². The SMILES string of the molecule is CC(C)N(CC(=O)N1c2ccccc2-n2cccc2C1c1ccco1)C(=O)c1cccc([N+](=O)[O-])c1. The Morgan fingerprint density at radius 3 is 2.50 bits per heavy atom. The fourth-order valence-corrected chi connectivity index (χ4v) is 4.61. The molecule has 0 bridgehead atoms. The summed E-state index contributed by atoms with van der Waals surface area (Å²) in [6.45, 7) is 3.40. The maximum atomic E-state index is 14.0. The van der Waals surface area contributed by atoms with Crippen molar-refractivity contribution in [3.63, 3.8) is 0 Å². The maximum Gasteiger partial charge on any atom is 0.270 e. The number of para-hydroxylation sites is 2. The zero-order chi connectivity index (χ0) is 25.4. The Balaban J connectivity index is 1.53. The highest BCUT2D eigenvalue weighted by molar-refractivity contribution is 6.02. The van der Waals surface area contributed by atoms with E-state index in [0.29, 0.717) is 11.4 Å². The minimum atomic E-state index is -0.546. The number of nitrogens with zero attached hydrogens (tertiary/aromatic N) is 4. The molecule has 1 aliphatic heterocycles. The van der Waals surface area contributed by atoms with Crippen LogP contribution in [0.15, 0.2) is 89.7 Å². The number of hydrogen-bond acceptors (Lipinski definition) is 5. The molecule has 2 amide bonds. The van der Waals surface area contributed by atoms with Crippen molar-refractivity contribution >= 4 is 23.2 Å². The standard InChI is InChI=1S/C27H24N4O5/c1-18(2)29(27(33)19-8-5-9-20(16-19)31(34)35)17-25(32)30-22-11-4-3-10-21(22)28-14-6-12-23(28)26(30)24-13-7-15-36-24/h3-16,18,26H,17H2,1-2H3. The number of carbonyl (C=O) groups excluding carboxylic acids is 2. The summed E-state index contributed by atoms with van der Waals surface area (Å²) in [5, 5.41) is 11.2. The molecule has 1 unspecified atom stereocenters. The third kappa shape index (κ3) is 3.94. The lowest BCUT2D eigenvalue weighted by molar-refractivity contribution is -0.384. The van der Waals surface area contributed by atoms with Crippen LogP contribution >= 0.6 is 0 Å². The number of furan rings is 1. The Bertz CT molecular complexity index is 1440. The van der Waals surface area contributed by atoms with E-state index < -0.39 is 16.9 Å². The molecule has 9 nitrogen and oxygen atoms in total. The number of benzene rings is 2. The molecule has 5 rings (SSSR count). The molecule has 9 heteroatoms. The molecule has 2 aromatic heterocycles. The molecule has 36 heavy (non-hydrogen) atoms. The van der Waals surface area contributed by atoms with Crippen LogP contribution in [0.1, 0.15) is 41.7 Å². The van der Waals surface area contributed by atoms with Crippen LogP contribution in [0.3, 0.4) is 0 Å². The molecule has 0 saturated carbocycles. The molecule has 0 aliphatic carbocycles. The van der Waals surface area contributed by atoms with Gasteiger partial charge >= 0.3 is 0 Å². The topological polar surface area (TPSA) is 102 Å². The molecule has 182 valence electrons. The fourth-order valence-electron chi connectivity index (χ4n) is 4.61. The van der Waals surface area contributed by atoms with Gasteiger partial charge in [-0.15, -0.1) is 0 Å². The Morgan fingerprint density at radius 2 is 1.81 bits per heavy atom. The van der Waals surface area contributed by atoms with Crippen LogP contribution in [0.2, 0.25) is 0 Å². The summed E-state index contributed by atoms with van der Waals surface area (Å²) >= 11 is 0. The van der Waals surface area contributed by atoms with E-state index in [1.165, 1.54) is 29.2 Å². The largest absolute Gasteiger partial charge is 0.467 e. The highest BCUT2D eigenvalue weighted by Crippen LogP contribution is 2.42. The van der Waals surface area contributed by atoms with Crippen molar-refractivity contribution < 1.29 is 18.9 Å². The lowest BCUT2D eigenvalue weighted by Gasteiger charge is -2.38. The molecule has 2 aromatic carbocycles. The van der Waals surface area contributed by atoms with Gasteiger partial charge in [0.25, 0.3) is 11.6 Å². The van der Waals surface area contributed by atoms with E-state index in [2.05, 4.69) is 0 Å². The van der Waals surface area contributed by atoms with Gasteiger partial charge in [0.15, 0.2) is 0 Å². The van der Waals surface area contributed by atoms with Crippen molar-refractivity contribution in [2.75, 3.05) is 11.4 Å². The highest BCUT2D eigenvalue weighted by Gasteiger charge is 2.38. The van der Waals surface area contributed by atoms with Gasteiger partial charge in [-0.3, -0.25) is 24.6 Å². The van der Waals surface area contributed by atoms with Crippen LogP contribution in [0.5, 0.6) is 0 Å². The maximum absolute atomic E-state index is 14.0. The summed E-state index contributed by atoms with van der Waals surface area (Å²) in [4.78, 5) is 41.2. The molecule has 0 fully saturated rings. The number of fused-ring (bicyclic) bond motifs is 3. The first-order valence-corrected chi connectivity index (χ1v) is 11.5. The highest BCUT2D eigenvalue weighted by atomic mass is 16.6. The number of nitro benzene ring substituents is 1. The average molecular weight is 485 g/mol. The van der Waals surface area contributed by atoms with Gasteiger partial charge in [-0.2, -0.15) is 0 Å². The van der Waals surface area contributed by atoms with Gasteiger partial charge in [-0.25, -0.2) is 0 Å². The van der Waals surface area contributed by atoms with Crippen LogP contribution in [0.4, 0.5) is 11.4 Å². The third-order valence-electron chi connectivity index (χ3n) is 6.29. The van der Waals surface area contributed by atoms with Crippen LogP contribution < -0.4 is 4.90 Å². The molecule has 3 heterocycles. The van der Waals surface area contributed by atoms with Crippen LogP contribution in [-0.2, 0) is 4.79 Å². The van der Waals surface area contributed by atoms with Crippen LogP contribution in [0, 0.1) is 10.1 Å². The number of carbonyl (C=O) groups is 2. The second kappa shape index (κ2) is 9.18. The Hall–Kier alpha value is -4.66. The molecule has 0 spiro atoms. The summed E-state index contributed by atoms with van der Waals surface area (Å²) in [5.74, 6) is -0.159. The normalized spacial score (nSPS) is 14.3. The first-order chi connectivity index (χ1) is 17.4. The second-order valence-corrected chi connectivity index (χ2v) is 8.81. The zero-order valence-corrected chi connectivity index (χ0v) is 19.8. The summed E-state index contributed by atoms with van der Waals surface area (Å²) in [5.41, 5.74) is 2.37. The number of rotatable bonds is 6. The molecule has 1 atom stereocenters. The van der Waals surface area contributed by atoms with E-state index in [0.717, 1.165) is 11.4 Å². The van der Waals surface area contributed by atoms with Crippen molar-refractivity contribution in [1.29, 1.82) is 0 Å². The van der Waals surface area contributed by atoms with Crippen molar-refractivity contribution in [3.8, 4) is 5.69 Å². The zero-order valence-electron chi connectivity index (χ0n) is 19.8. The quantitative estimate of drug-likeness (QED) is 0.284. The van der Waals surface area contributed by atoms with Crippen molar-refractivity contribution in [3.05, 3.63) is 112 Å². The second-order valence-electron chi connectivity index (χ2n) is 8.81. The van der Waals surface area contributed by atoms with E-state index in [4.69, 9.17) is 4.42 Å². The number of anilines is 1. The molecular weight excluding hydrogens is 460 g/mol. The minimum Gasteiger partial charge on any atom is -0.467 e. The summed E-state index contributed by atoms with van der Waals surface area (Å²) < 4.78 is 7.78. The number of aromatic nitrogens is 1. The van der Waals surface area contributed by atoms with Crippen molar-refractivity contribution in [1.82, 2.24) is 9.47 Å². The fraction of sp³-hybridized carbons (Fsp3) is 0.185. The smallest absolute Gasteiger partial charge is 0.270 e. The lowest BCUT2D eigenvalue weighted by Crippen LogP contribution is -2.48. The average Bonchev–Trinajstić information content (AvgIpc) is 3.58. The Labute approximate surface area is 207 Å². The molecule has 4 aromatic rings. The van der Waals surface area contributed by atoms with Gasteiger partial charge in [0, 0.05) is 29.9 Å². The molecule has 0 N–H and O–H groups in total. The van der Waals surface area contributed by atoms with Crippen molar-refractivity contribution in [2.45, 2.75) is 25.9 Å². The molecular formula is C27H24N4O5. The van der Waals surface area contributed by atoms with Crippen LogP contribution in [-0.4, -0.2) is 38.8 Å². The summed E-state index contributed by atoms with van der Waals surface area (Å²) in [6, 6.07) is 19.7. The molecule has 1 aliphatic rings. The van der Waals surface area contributed by atoms with Gasteiger partial charge in [-0.1, -0.05) is 18.2 Å². The molecule has 0 saturated heterocycles. The monoisotopic (exact) mass is 484 g/mol. The number of hydrogen-bond donors (Lipinski definition) is 0. The number of non-ortho nitro benzene ring substituents is 1. The van der Waals surface area contributed by atoms with Gasteiger partial charge < -0.3 is 13.9 Å². The molecule has 0 radical (unpaired) electrons. The van der Waals surface area contributed by atoms with Gasteiger partial charge in [0.05, 0.1) is 28.3 Å². The summed E-state index contributed by atoms with van der Waals surface area (Å²) in [6.07, 6.45) is 3.51. The predicted molar refractivity (Wildman–Crippen MR) is 133 cm³/mol. The Morgan fingerprint density at radius 1 is 1.03 bits per heavy atom. The third-order valence-corrected chi connectivity index (χ3v) is 6.29. The lowest BCUT2D eigenvalue weighted by atomic mass is 10.0. The van der Waals surface area contributed by atoms with E-state index in [9.17, 15) is 19.7 Å². The Kier molecular flexibility index (Phi) is 5.89. The predicted octanol–water partition coefficient (Wildman–Crippen LogP) is 4.97. The number of amides is 2. The van der Waals surface area contributed by atoms with E-state index in [-0.39, 0.29) is 29.7 Å². The minimum absolute atomic E-state index is 0.154. The van der Waals surface area contributed by atoms with E-state index in [1.807, 2.05) is 67.1 Å². The van der Waals surface area contributed by atoms with Crippen molar-refractivity contribution in [2.24, 2.45) is 0 Å². The first kappa shape index (κ1) is 23.1. The van der Waals surface area contributed by atoms with Crippen LogP contribution in [0.25, 0.3) is 5.69 Å². The first-order valence-electron chi connectivity index (χ1n) is 11.5. The number of nitro groups is 1.